The van der Waals surface area contributed by atoms with Crippen LogP contribution >= 0.6 is 0 Å². The molecule has 1 aromatic heterocycles. The molecule has 2 aromatic rings. The molecule has 2 amide bonds. The largest absolute Gasteiger partial charge is 0.415 e. The van der Waals surface area contributed by atoms with E-state index in [1.54, 1.807) is 25.1 Å². The number of hydrogen-bond donors (Lipinski definition) is 2. The Morgan fingerprint density at radius 1 is 1.22 bits per heavy atom. The number of halogens is 2. The van der Waals surface area contributed by atoms with Crippen LogP contribution in [-0.4, -0.2) is 67.7 Å². The van der Waals surface area contributed by atoms with Crippen LogP contribution in [0.15, 0.2) is 36.4 Å². The van der Waals surface area contributed by atoms with Crippen molar-refractivity contribution in [1.29, 1.82) is 0 Å². The van der Waals surface area contributed by atoms with Gasteiger partial charge in [-0.15, -0.1) is 0 Å². The molecule has 10 nitrogen and oxygen atoms in total. The molecule has 0 atom stereocenters. The molecule has 1 aromatic carbocycles. The lowest BCUT2D eigenvalue weighted by atomic mass is 9.69. The molecule has 0 saturated carbocycles. The third-order valence-corrected chi connectivity index (χ3v) is 7.05. The predicted octanol–water partition coefficient (Wildman–Crippen LogP) is 1.97. The van der Waals surface area contributed by atoms with Crippen molar-refractivity contribution < 1.29 is 31.5 Å². The monoisotopic (exact) mass is 525 g/mol. The van der Waals surface area contributed by atoms with E-state index in [1.807, 2.05) is 26.0 Å². The Morgan fingerprint density at radius 2 is 1.86 bits per heavy atom. The first kappa shape index (κ1) is 27.4. The molecule has 196 valence electrons. The van der Waals surface area contributed by atoms with Gasteiger partial charge in [0.1, 0.15) is 11.1 Å². The van der Waals surface area contributed by atoms with E-state index >= 15 is 0 Å². The number of aromatic nitrogens is 1. The second-order valence-electron chi connectivity index (χ2n) is 9.01. The van der Waals surface area contributed by atoms with Crippen molar-refractivity contribution in [3.63, 3.8) is 0 Å². The van der Waals surface area contributed by atoms with E-state index in [1.165, 1.54) is 18.0 Å². The molecule has 3 N–H and O–H groups in total. The molecule has 2 heterocycles. The van der Waals surface area contributed by atoms with Gasteiger partial charge in [-0.25, -0.2) is 10.1 Å². The second kappa shape index (κ2) is 10.4. The van der Waals surface area contributed by atoms with Crippen LogP contribution in [0, 0.1) is 6.92 Å². The van der Waals surface area contributed by atoms with Crippen molar-refractivity contribution in [2.45, 2.75) is 38.7 Å². The van der Waals surface area contributed by atoms with Crippen molar-refractivity contribution in [1.82, 2.24) is 14.2 Å². The van der Waals surface area contributed by atoms with Gasteiger partial charge in [-0.1, -0.05) is 38.1 Å². The average Bonchev–Trinajstić information content (AvgIpc) is 2.74. The molecule has 1 saturated heterocycles. The van der Waals surface area contributed by atoms with Gasteiger partial charge < -0.3 is 15.0 Å². The van der Waals surface area contributed by atoms with Crippen molar-refractivity contribution in [2.24, 2.45) is 5.14 Å². The second-order valence-corrected chi connectivity index (χ2v) is 10.7. The summed E-state index contributed by atoms with van der Waals surface area (Å²) in [4.78, 5) is 31.8. The van der Waals surface area contributed by atoms with Crippen LogP contribution in [-0.2, 0) is 25.2 Å². The number of aryl methyl sites for hydroxylation is 1. The molecule has 1 aliphatic rings. The fourth-order valence-corrected chi connectivity index (χ4v) is 4.37. The lowest BCUT2D eigenvalue weighted by Gasteiger charge is -2.50. The number of hydrogen-bond acceptors (Lipinski definition) is 6. The van der Waals surface area contributed by atoms with E-state index in [0.29, 0.717) is 15.6 Å². The summed E-state index contributed by atoms with van der Waals surface area (Å²) in [6.45, 7) is 1.79. The Kier molecular flexibility index (Phi) is 7.96. The molecule has 0 bridgehead atoms. The Balaban J connectivity index is 1.95. The topological polar surface area (TPSA) is 135 Å². The summed E-state index contributed by atoms with van der Waals surface area (Å²) < 4.78 is 54.1. The van der Waals surface area contributed by atoms with Gasteiger partial charge in [0.2, 0.25) is 17.7 Å². The molecule has 0 aliphatic carbocycles. The van der Waals surface area contributed by atoms with E-state index in [9.17, 15) is 26.8 Å². The van der Waals surface area contributed by atoms with Crippen LogP contribution in [0.25, 0.3) is 0 Å². The predicted molar refractivity (Wildman–Crippen MR) is 129 cm³/mol. The first-order valence-corrected chi connectivity index (χ1v) is 12.6. The van der Waals surface area contributed by atoms with Gasteiger partial charge in [0, 0.05) is 25.8 Å². The number of benzene rings is 1. The Labute approximate surface area is 208 Å². The molecule has 36 heavy (non-hydrogen) atoms. The van der Waals surface area contributed by atoms with E-state index in [-0.39, 0.29) is 24.7 Å². The Morgan fingerprint density at radius 3 is 2.44 bits per heavy atom. The highest BCUT2D eigenvalue weighted by molar-refractivity contribution is 7.86. The first-order chi connectivity index (χ1) is 16.7. The number of carbonyl (C=O) groups excluding carboxylic acids is 2. The van der Waals surface area contributed by atoms with Crippen molar-refractivity contribution in [3.8, 4) is 5.88 Å². The Hall–Kier alpha value is -3.16. The number of likely N-dealkylation sites (N-methyl/N-ethyl adjacent to an activating group) is 1. The molecule has 0 radical (unpaired) electrons. The normalized spacial score (nSPS) is 15.2. The maximum absolute atomic E-state index is 13.7. The highest BCUT2D eigenvalue weighted by Gasteiger charge is 2.53. The summed E-state index contributed by atoms with van der Waals surface area (Å²) in [5, 5.41) is 7.72. The number of nitrogens with two attached hydrogens (primary N) is 1. The maximum atomic E-state index is 13.7. The number of anilines is 1. The third kappa shape index (κ3) is 5.79. The minimum absolute atomic E-state index is 0.0361. The first-order valence-electron chi connectivity index (χ1n) is 11.1. The number of pyridine rings is 1. The van der Waals surface area contributed by atoms with Gasteiger partial charge in [-0.2, -0.15) is 21.5 Å². The fraction of sp³-hybridized carbons (Fsp3) is 0.435. The zero-order valence-electron chi connectivity index (χ0n) is 20.4. The SMILES string of the molecule is Cc1ccc(NC(=O)C2(c3ccccc3C(C)C)CN(C(=O)CN(C)S(N)(=O)=O)C2)c(OC(F)F)n1. The molecule has 3 rings (SSSR count). The van der Waals surface area contributed by atoms with Crippen molar-refractivity contribution in [3.05, 3.63) is 53.2 Å². The molecule has 0 spiro atoms. The van der Waals surface area contributed by atoms with E-state index in [4.69, 9.17) is 5.14 Å². The highest BCUT2D eigenvalue weighted by Crippen LogP contribution is 2.40. The van der Waals surface area contributed by atoms with E-state index < -0.39 is 46.5 Å². The van der Waals surface area contributed by atoms with Crippen LogP contribution < -0.4 is 15.2 Å². The molecule has 13 heteroatoms. The van der Waals surface area contributed by atoms with Crippen LogP contribution in [0.4, 0.5) is 14.5 Å². The molecule has 0 unspecified atom stereocenters. The number of likely N-dealkylation sites (tertiary alicyclic amines) is 1. The van der Waals surface area contributed by atoms with Crippen LogP contribution in [0.5, 0.6) is 5.88 Å². The Bertz CT molecular complexity index is 1250. The van der Waals surface area contributed by atoms with Crippen molar-refractivity contribution >= 4 is 27.7 Å². The fourth-order valence-electron chi connectivity index (χ4n) is 4.08. The number of ether oxygens (including phenoxy) is 1. The van der Waals surface area contributed by atoms with Gasteiger partial charge in [-0.05, 0) is 36.1 Å². The summed E-state index contributed by atoms with van der Waals surface area (Å²) in [7, 11) is -2.89. The number of amides is 2. The van der Waals surface area contributed by atoms with Crippen LogP contribution in [0.2, 0.25) is 0 Å². The van der Waals surface area contributed by atoms with Gasteiger partial charge >= 0.3 is 6.61 Å². The maximum Gasteiger partial charge on any atom is 0.388 e. The summed E-state index contributed by atoms with van der Waals surface area (Å²) >= 11 is 0. The minimum atomic E-state index is -4.07. The minimum Gasteiger partial charge on any atom is -0.415 e. The van der Waals surface area contributed by atoms with Crippen molar-refractivity contribution in [2.75, 3.05) is 32.0 Å². The molecule has 1 aliphatic heterocycles. The summed E-state index contributed by atoms with van der Waals surface area (Å²) in [6, 6.07) is 10.2. The highest BCUT2D eigenvalue weighted by atomic mass is 32.2. The number of carbonyl (C=O) groups is 2. The number of rotatable bonds is 9. The molecular weight excluding hydrogens is 496 g/mol. The standard InChI is InChI=1S/C23H29F2N5O5S/c1-14(2)16-7-5-6-8-17(16)23(12-30(13-23)19(31)11-29(4)36(26,33)34)21(32)28-18-10-9-15(3)27-20(18)35-22(24)25/h5-10,14,22H,11-13H2,1-4H3,(H,28,32)(H2,26,33,34). The zero-order chi connectivity index (χ0) is 26.8. The lowest BCUT2D eigenvalue weighted by molar-refractivity contribution is -0.144. The van der Waals surface area contributed by atoms with Gasteiger partial charge in [0.05, 0.1) is 6.54 Å². The van der Waals surface area contributed by atoms with Gasteiger partial charge in [0.15, 0.2) is 0 Å². The van der Waals surface area contributed by atoms with Crippen LogP contribution in [0.1, 0.15) is 36.6 Å². The summed E-state index contributed by atoms with van der Waals surface area (Å²) in [6.07, 6.45) is 0. The third-order valence-electron chi connectivity index (χ3n) is 6.05. The smallest absolute Gasteiger partial charge is 0.388 e. The summed E-state index contributed by atoms with van der Waals surface area (Å²) in [5.74, 6) is -1.45. The zero-order valence-corrected chi connectivity index (χ0v) is 21.2. The number of nitrogens with zero attached hydrogens (tertiary/aromatic N) is 3. The summed E-state index contributed by atoms with van der Waals surface area (Å²) in [5.41, 5.74) is 0.725. The van der Waals surface area contributed by atoms with E-state index in [2.05, 4.69) is 15.0 Å². The van der Waals surface area contributed by atoms with E-state index in [0.717, 1.165) is 5.56 Å². The lowest BCUT2D eigenvalue weighted by Crippen LogP contribution is -2.67. The average molecular weight is 526 g/mol. The quantitative estimate of drug-likeness (QED) is 0.514. The molecule has 1 fully saturated rings. The molecular formula is C23H29F2N5O5S. The number of alkyl halides is 2. The number of nitrogens with one attached hydrogen (secondary N) is 1. The van der Waals surface area contributed by atoms with Crippen LogP contribution in [0.3, 0.4) is 0 Å². The van der Waals surface area contributed by atoms with Gasteiger partial charge in [0.25, 0.3) is 10.2 Å². The van der Waals surface area contributed by atoms with Gasteiger partial charge in [-0.3, -0.25) is 9.59 Å².